The number of halogens is 4. The fourth-order valence-corrected chi connectivity index (χ4v) is 3.31. The number of rotatable bonds is 4. The van der Waals surface area contributed by atoms with Crippen molar-refractivity contribution in [1.29, 1.82) is 0 Å². The summed E-state index contributed by atoms with van der Waals surface area (Å²) in [7, 11) is 0. The lowest BCUT2D eigenvalue weighted by atomic mass is 9.99. The first-order valence-electron chi connectivity index (χ1n) is 8.92. The van der Waals surface area contributed by atoms with Crippen LogP contribution >= 0.6 is 0 Å². The van der Waals surface area contributed by atoms with Crippen molar-refractivity contribution < 1.29 is 27.0 Å². The van der Waals surface area contributed by atoms with Crippen LogP contribution in [0.1, 0.15) is 16.7 Å². The predicted octanol–water partition coefficient (Wildman–Crippen LogP) is 6.18. The van der Waals surface area contributed by atoms with E-state index in [2.05, 4.69) is 14.8 Å². The molecule has 1 aliphatic rings. The highest BCUT2D eigenvalue weighted by molar-refractivity contribution is 5.73. The molecule has 3 nitrogen and oxygen atoms in total. The minimum Gasteiger partial charge on any atom is -0.395 e. The van der Waals surface area contributed by atoms with E-state index in [0.717, 1.165) is 5.56 Å². The summed E-state index contributed by atoms with van der Waals surface area (Å²) in [5.41, 5.74) is 2.98. The Morgan fingerprint density at radius 3 is 2.24 bits per heavy atom. The summed E-state index contributed by atoms with van der Waals surface area (Å²) in [6.45, 7) is 3.67. The van der Waals surface area contributed by atoms with Gasteiger partial charge in [0, 0.05) is 23.4 Å². The van der Waals surface area contributed by atoms with Gasteiger partial charge in [0.25, 0.3) is 0 Å². The predicted molar refractivity (Wildman–Crippen MR) is 101 cm³/mol. The summed E-state index contributed by atoms with van der Waals surface area (Å²) in [5, 5.41) is 3.01. The molecule has 0 amide bonds. The van der Waals surface area contributed by atoms with Crippen molar-refractivity contribution in [1.82, 2.24) is 0 Å². The van der Waals surface area contributed by atoms with Gasteiger partial charge in [-0.15, -0.1) is 8.78 Å². The lowest BCUT2D eigenvalue weighted by Crippen LogP contribution is -2.25. The van der Waals surface area contributed by atoms with Crippen molar-refractivity contribution in [3.8, 4) is 22.6 Å². The number of ether oxygens (including phenoxy) is 2. The smallest absolute Gasteiger partial charge is 0.395 e. The fraction of sp³-hybridized carbons (Fsp3) is 0.182. The van der Waals surface area contributed by atoms with Crippen molar-refractivity contribution >= 4 is 5.69 Å². The third-order valence-electron chi connectivity index (χ3n) is 4.83. The number of anilines is 1. The van der Waals surface area contributed by atoms with Crippen LogP contribution in [0, 0.1) is 25.5 Å². The van der Waals surface area contributed by atoms with Crippen molar-refractivity contribution in [3.63, 3.8) is 0 Å². The molecule has 0 fully saturated rings. The molecule has 1 N–H and O–H groups in total. The van der Waals surface area contributed by atoms with E-state index in [-0.39, 0.29) is 29.4 Å². The van der Waals surface area contributed by atoms with Crippen LogP contribution in [0.3, 0.4) is 0 Å². The largest absolute Gasteiger partial charge is 0.586 e. The Balaban J connectivity index is 1.59. The molecule has 150 valence electrons. The summed E-state index contributed by atoms with van der Waals surface area (Å²) >= 11 is 0. The van der Waals surface area contributed by atoms with Crippen LogP contribution < -0.4 is 14.8 Å². The summed E-state index contributed by atoms with van der Waals surface area (Å²) < 4.78 is 64.1. The highest BCUT2D eigenvalue weighted by Gasteiger charge is 2.43. The third-order valence-corrected chi connectivity index (χ3v) is 4.83. The summed E-state index contributed by atoms with van der Waals surface area (Å²) in [6, 6.07) is 12.0. The van der Waals surface area contributed by atoms with Gasteiger partial charge in [0.2, 0.25) is 0 Å². The second-order valence-electron chi connectivity index (χ2n) is 6.86. The Morgan fingerprint density at radius 1 is 0.828 bits per heavy atom. The van der Waals surface area contributed by atoms with Crippen LogP contribution in [0.4, 0.5) is 23.2 Å². The zero-order valence-electron chi connectivity index (χ0n) is 15.7. The molecule has 7 heteroatoms. The van der Waals surface area contributed by atoms with Crippen LogP contribution in [0.5, 0.6) is 11.5 Å². The molecule has 0 saturated heterocycles. The molecular weight excluding hydrogens is 386 g/mol. The van der Waals surface area contributed by atoms with E-state index in [1.165, 1.54) is 30.3 Å². The standard InChI is InChI=1S/C22H17F4NO2/c1-12-4-3-5-18(23)17(12)11-27-14-6-7-15(19(24)9-14)16-10-21-20(8-13(16)2)28-22(25,26)29-21/h3-10,27H,11H2,1-2H3. The maximum atomic E-state index is 14.8. The number of hydrogen-bond acceptors (Lipinski definition) is 3. The molecule has 4 rings (SSSR count). The van der Waals surface area contributed by atoms with Crippen molar-refractivity contribution in [3.05, 3.63) is 76.9 Å². The highest BCUT2D eigenvalue weighted by atomic mass is 19.3. The molecule has 0 unspecified atom stereocenters. The zero-order valence-corrected chi connectivity index (χ0v) is 15.7. The molecule has 3 aromatic carbocycles. The van der Waals surface area contributed by atoms with E-state index in [9.17, 15) is 17.6 Å². The van der Waals surface area contributed by atoms with Gasteiger partial charge in [-0.3, -0.25) is 0 Å². The van der Waals surface area contributed by atoms with Crippen LogP contribution in [-0.2, 0) is 6.54 Å². The second-order valence-corrected chi connectivity index (χ2v) is 6.86. The molecule has 1 heterocycles. The Kier molecular flexibility index (Phi) is 4.61. The Morgan fingerprint density at radius 2 is 1.55 bits per heavy atom. The van der Waals surface area contributed by atoms with Gasteiger partial charge in [-0.1, -0.05) is 12.1 Å². The summed E-state index contributed by atoms with van der Waals surface area (Å²) in [4.78, 5) is 0. The number of alkyl halides is 2. The number of hydrogen-bond donors (Lipinski definition) is 1. The number of fused-ring (bicyclic) bond motifs is 1. The average Bonchev–Trinajstić information content (AvgIpc) is 2.94. The molecule has 0 atom stereocenters. The Bertz CT molecular complexity index is 1080. The van der Waals surface area contributed by atoms with Gasteiger partial charge in [-0.25, -0.2) is 8.78 Å². The lowest BCUT2D eigenvalue weighted by molar-refractivity contribution is -0.286. The molecule has 0 spiro atoms. The fourth-order valence-electron chi connectivity index (χ4n) is 3.31. The third kappa shape index (κ3) is 3.72. The van der Waals surface area contributed by atoms with Gasteiger partial charge in [0.05, 0.1) is 0 Å². The van der Waals surface area contributed by atoms with Gasteiger partial charge in [0.15, 0.2) is 11.5 Å². The highest BCUT2D eigenvalue weighted by Crippen LogP contribution is 2.45. The van der Waals surface area contributed by atoms with Gasteiger partial charge in [-0.05, 0) is 66.9 Å². The molecule has 0 aliphatic carbocycles. The van der Waals surface area contributed by atoms with Crippen LogP contribution in [0.25, 0.3) is 11.1 Å². The molecule has 0 bridgehead atoms. The van der Waals surface area contributed by atoms with E-state index < -0.39 is 12.1 Å². The maximum absolute atomic E-state index is 14.8. The number of nitrogens with one attached hydrogen (secondary N) is 1. The summed E-state index contributed by atoms with van der Waals surface area (Å²) in [6.07, 6.45) is -3.73. The van der Waals surface area contributed by atoms with Gasteiger partial charge >= 0.3 is 6.29 Å². The van der Waals surface area contributed by atoms with Crippen LogP contribution in [-0.4, -0.2) is 6.29 Å². The first-order chi connectivity index (χ1) is 13.7. The number of benzene rings is 3. The topological polar surface area (TPSA) is 30.5 Å². The molecule has 29 heavy (non-hydrogen) atoms. The Labute approximate surface area is 164 Å². The van der Waals surface area contributed by atoms with E-state index in [1.807, 2.05) is 0 Å². The lowest BCUT2D eigenvalue weighted by Gasteiger charge is -2.13. The first kappa shape index (κ1) is 19.1. The molecule has 0 saturated carbocycles. The van der Waals surface area contributed by atoms with E-state index in [1.54, 1.807) is 32.0 Å². The van der Waals surface area contributed by atoms with Gasteiger partial charge < -0.3 is 14.8 Å². The molecule has 0 radical (unpaired) electrons. The average molecular weight is 403 g/mol. The quantitative estimate of drug-likeness (QED) is 0.528. The first-order valence-corrected chi connectivity index (χ1v) is 8.92. The van der Waals surface area contributed by atoms with Gasteiger partial charge in [0.1, 0.15) is 11.6 Å². The molecule has 3 aromatic rings. The molecule has 0 aromatic heterocycles. The van der Waals surface area contributed by atoms with Crippen molar-refractivity contribution in [2.45, 2.75) is 26.7 Å². The van der Waals surface area contributed by atoms with Crippen molar-refractivity contribution in [2.75, 3.05) is 5.32 Å². The summed E-state index contributed by atoms with van der Waals surface area (Å²) in [5.74, 6) is -1.11. The maximum Gasteiger partial charge on any atom is 0.586 e. The SMILES string of the molecule is Cc1cc2c(cc1-c1ccc(NCc3c(C)cccc3F)cc1F)OC(F)(F)O2. The normalized spacial score (nSPS) is 14.1. The minimum absolute atomic E-state index is 0.0878. The van der Waals surface area contributed by atoms with E-state index in [4.69, 9.17) is 0 Å². The zero-order chi connectivity index (χ0) is 20.8. The van der Waals surface area contributed by atoms with Crippen LogP contribution in [0.15, 0.2) is 48.5 Å². The molecular formula is C22H17F4NO2. The second kappa shape index (κ2) is 6.99. The number of aryl methyl sites for hydroxylation is 2. The van der Waals surface area contributed by atoms with Crippen molar-refractivity contribution in [2.24, 2.45) is 0 Å². The van der Waals surface area contributed by atoms with E-state index >= 15 is 0 Å². The Hall–Kier alpha value is -3.22. The monoisotopic (exact) mass is 403 g/mol. The van der Waals surface area contributed by atoms with E-state index in [0.29, 0.717) is 22.4 Å². The van der Waals surface area contributed by atoms with Gasteiger partial charge in [-0.2, -0.15) is 0 Å². The minimum atomic E-state index is -3.73. The van der Waals surface area contributed by atoms with Crippen LogP contribution in [0.2, 0.25) is 0 Å². The molecule has 1 aliphatic heterocycles.